The molecule has 1 N–H and O–H groups in total. The van der Waals surface area contributed by atoms with Gasteiger partial charge in [-0.2, -0.15) is 5.26 Å². The smallest absolute Gasteiger partial charge is 0.109 e. The van der Waals surface area contributed by atoms with Crippen molar-refractivity contribution in [3.63, 3.8) is 0 Å². The van der Waals surface area contributed by atoms with Crippen LogP contribution in [0.2, 0.25) is 0 Å². The Kier molecular flexibility index (Phi) is 6.26. The van der Waals surface area contributed by atoms with Crippen LogP contribution in [-0.2, 0) is 0 Å². The van der Waals surface area contributed by atoms with Crippen LogP contribution >= 0.6 is 0 Å². The molecule has 126 valence electrons. The highest BCUT2D eigenvalue weighted by atomic mass is 15.2. The summed E-state index contributed by atoms with van der Waals surface area (Å²) in [6.45, 7) is 13.6. The lowest BCUT2D eigenvalue weighted by Gasteiger charge is -2.42. The minimum atomic E-state index is -0.318. The first kappa shape index (κ1) is 17.7. The largest absolute Gasteiger partial charge is 0.303 e. The number of nitrogens with one attached hydrogen (secondary N) is 1. The van der Waals surface area contributed by atoms with Crippen LogP contribution in [0.5, 0.6) is 0 Å². The lowest BCUT2D eigenvalue weighted by atomic mass is 9.86. The second kappa shape index (κ2) is 7.77. The highest BCUT2D eigenvalue weighted by molar-refractivity contribution is 5.11. The Balaban J connectivity index is 1.69. The van der Waals surface area contributed by atoms with Crippen molar-refractivity contribution < 1.29 is 0 Å². The first-order valence-corrected chi connectivity index (χ1v) is 9.08. The van der Waals surface area contributed by atoms with E-state index in [2.05, 4.69) is 42.0 Å². The summed E-state index contributed by atoms with van der Waals surface area (Å²) in [6, 6.07) is 2.56. The lowest BCUT2D eigenvalue weighted by Crippen LogP contribution is -2.58. The molecule has 2 aliphatic rings. The molecule has 0 aliphatic carbocycles. The Hall–Kier alpha value is -0.630. The molecular formula is C18H34N4. The maximum Gasteiger partial charge on any atom is 0.109 e. The quantitative estimate of drug-likeness (QED) is 0.848. The number of likely N-dealkylation sites (tertiary alicyclic amines) is 2. The number of rotatable bonds is 5. The van der Waals surface area contributed by atoms with Gasteiger partial charge < -0.3 is 9.80 Å². The maximum absolute atomic E-state index is 9.60. The lowest BCUT2D eigenvalue weighted by molar-refractivity contribution is 0.137. The van der Waals surface area contributed by atoms with Crippen molar-refractivity contribution in [1.29, 1.82) is 5.26 Å². The predicted molar refractivity (Wildman–Crippen MR) is 91.8 cm³/mol. The molecular weight excluding hydrogens is 272 g/mol. The normalized spacial score (nSPS) is 24.1. The van der Waals surface area contributed by atoms with Gasteiger partial charge in [-0.1, -0.05) is 6.42 Å². The van der Waals surface area contributed by atoms with E-state index in [1.807, 2.05) is 0 Å². The molecule has 2 heterocycles. The summed E-state index contributed by atoms with van der Waals surface area (Å²) < 4.78 is 0. The van der Waals surface area contributed by atoms with Gasteiger partial charge in [0.25, 0.3) is 0 Å². The fourth-order valence-electron chi connectivity index (χ4n) is 3.84. The monoisotopic (exact) mass is 306 g/mol. The summed E-state index contributed by atoms with van der Waals surface area (Å²) in [5.41, 5.74) is -0.312. The summed E-state index contributed by atoms with van der Waals surface area (Å²) in [5, 5.41) is 13.2. The summed E-state index contributed by atoms with van der Waals surface area (Å²) in [5.74, 6) is 0. The van der Waals surface area contributed by atoms with Crippen LogP contribution in [0.3, 0.4) is 0 Å². The zero-order chi connectivity index (χ0) is 16.1. The highest BCUT2D eigenvalue weighted by Gasteiger charge is 2.37. The molecule has 4 nitrogen and oxygen atoms in total. The molecule has 0 aromatic rings. The standard InChI is InChI=1S/C18H34N4/c1-17(2,3)20-18(16-19)8-14-22(15-9-18)13-7-12-21-10-5-4-6-11-21/h20H,4-15H2,1-3H3. The summed E-state index contributed by atoms with van der Waals surface area (Å²) >= 11 is 0. The molecule has 2 aliphatic heterocycles. The zero-order valence-corrected chi connectivity index (χ0v) is 14.8. The first-order valence-electron chi connectivity index (χ1n) is 9.08. The van der Waals surface area contributed by atoms with E-state index in [1.165, 1.54) is 51.9 Å². The van der Waals surface area contributed by atoms with Crippen LogP contribution in [0.25, 0.3) is 0 Å². The number of hydrogen-bond acceptors (Lipinski definition) is 4. The summed E-state index contributed by atoms with van der Waals surface area (Å²) in [7, 11) is 0. The molecule has 0 spiro atoms. The van der Waals surface area contributed by atoms with Gasteiger partial charge in [0, 0.05) is 18.6 Å². The average Bonchev–Trinajstić information content (AvgIpc) is 2.49. The molecule has 0 amide bonds. The Labute approximate surface area is 136 Å². The molecule has 2 fully saturated rings. The minimum absolute atomic E-state index is 0.00611. The van der Waals surface area contributed by atoms with Gasteiger partial charge in [0.2, 0.25) is 0 Å². The van der Waals surface area contributed by atoms with Crippen LogP contribution < -0.4 is 5.32 Å². The van der Waals surface area contributed by atoms with Gasteiger partial charge in [-0.15, -0.1) is 0 Å². The van der Waals surface area contributed by atoms with E-state index < -0.39 is 0 Å². The predicted octanol–water partition coefficient (Wildman–Crippen LogP) is 2.61. The van der Waals surface area contributed by atoms with Crippen LogP contribution in [0.4, 0.5) is 0 Å². The molecule has 0 aromatic carbocycles. The molecule has 2 saturated heterocycles. The topological polar surface area (TPSA) is 42.3 Å². The fraction of sp³-hybridized carbons (Fsp3) is 0.944. The molecule has 22 heavy (non-hydrogen) atoms. The van der Waals surface area contributed by atoms with Crippen LogP contribution in [-0.4, -0.2) is 60.1 Å². The van der Waals surface area contributed by atoms with E-state index >= 15 is 0 Å². The Bertz CT molecular complexity index is 366. The van der Waals surface area contributed by atoms with Crippen molar-refractivity contribution in [3.8, 4) is 6.07 Å². The van der Waals surface area contributed by atoms with Crippen molar-refractivity contribution in [2.24, 2.45) is 0 Å². The highest BCUT2D eigenvalue weighted by Crippen LogP contribution is 2.24. The van der Waals surface area contributed by atoms with E-state index in [1.54, 1.807) is 0 Å². The Morgan fingerprint density at radius 3 is 2.00 bits per heavy atom. The van der Waals surface area contributed by atoms with E-state index in [0.717, 1.165) is 25.9 Å². The van der Waals surface area contributed by atoms with Gasteiger partial charge in [-0.3, -0.25) is 5.32 Å². The van der Waals surface area contributed by atoms with Gasteiger partial charge in [0.05, 0.1) is 6.07 Å². The summed E-state index contributed by atoms with van der Waals surface area (Å²) in [6.07, 6.45) is 7.35. The van der Waals surface area contributed by atoms with Crippen molar-refractivity contribution in [1.82, 2.24) is 15.1 Å². The number of nitrogens with zero attached hydrogens (tertiary/aromatic N) is 3. The zero-order valence-electron chi connectivity index (χ0n) is 14.8. The average molecular weight is 306 g/mol. The number of nitriles is 1. The van der Waals surface area contributed by atoms with Gasteiger partial charge in [-0.25, -0.2) is 0 Å². The minimum Gasteiger partial charge on any atom is -0.303 e. The molecule has 0 saturated carbocycles. The van der Waals surface area contributed by atoms with Gasteiger partial charge >= 0.3 is 0 Å². The first-order chi connectivity index (χ1) is 10.4. The van der Waals surface area contributed by atoms with E-state index in [9.17, 15) is 5.26 Å². The molecule has 0 atom stereocenters. The SMILES string of the molecule is CC(C)(C)NC1(C#N)CCN(CCCN2CCCCC2)CC1. The van der Waals surface area contributed by atoms with E-state index in [0.29, 0.717) is 0 Å². The van der Waals surface area contributed by atoms with Gasteiger partial charge in [0.1, 0.15) is 5.54 Å². The second-order valence-corrected chi connectivity index (χ2v) is 8.17. The van der Waals surface area contributed by atoms with Crippen LogP contribution in [0.15, 0.2) is 0 Å². The van der Waals surface area contributed by atoms with Crippen molar-refractivity contribution >= 4 is 0 Å². The third-order valence-electron chi connectivity index (χ3n) is 4.94. The van der Waals surface area contributed by atoms with Crippen LogP contribution in [0.1, 0.15) is 59.3 Å². The van der Waals surface area contributed by atoms with E-state index in [4.69, 9.17) is 0 Å². The van der Waals surface area contributed by atoms with Crippen LogP contribution in [0, 0.1) is 11.3 Å². The molecule has 2 rings (SSSR count). The van der Waals surface area contributed by atoms with Crippen molar-refractivity contribution in [2.45, 2.75) is 70.4 Å². The Morgan fingerprint density at radius 1 is 0.955 bits per heavy atom. The van der Waals surface area contributed by atoms with Crippen molar-refractivity contribution in [3.05, 3.63) is 0 Å². The Morgan fingerprint density at radius 2 is 1.50 bits per heavy atom. The molecule has 0 bridgehead atoms. The second-order valence-electron chi connectivity index (χ2n) is 8.17. The third-order valence-corrected chi connectivity index (χ3v) is 4.94. The third kappa shape index (κ3) is 5.53. The van der Waals surface area contributed by atoms with Gasteiger partial charge in [0.15, 0.2) is 0 Å². The molecule has 0 aromatic heterocycles. The van der Waals surface area contributed by atoms with Gasteiger partial charge in [-0.05, 0) is 79.1 Å². The molecule has 0 unspecified atom stereocenters. The number of hydrogen-bond donors (Lipinski definition) is 1. The van der Waals surface area contributed by atoms with Crippen molar-refractivity contribution in [2.75, 3.05) is 39.3 Å². The molecule has 4 heteroatoms. The summed E-state index contributed by atoms with van der Waals surface area (Å²) in [4.78, 5) is 5.16. The maximum atomic E-state index is 9.60. The fourth-order valence-corrected chi connectivity index (χ4v) is 3.84. The van der Waals surface area contributed by atoms with E-state index in [-0.39, 0.29) is 11.1 Å². The number of piperidine rings is 2. The molecule has 0 radical (unpaired) electrons.